The molecule has 2 aromatic rings. The first-order chi connectivity index (χ1) is 11.6. The van der Waals surface area contributed by atoms with Crippen LogP contribution in [0, 0.1) is 0 Å². The molecule has 2 aliphatic rings. The van der Waals surface area contributed by atoms with Crippen LogP contribution in [0.5, 0.6) is 0 Å². The number of carbonyl (C=O) groups excluding carboxylic acids is 2. The molecule has 122 valence electrons. The topological polar surface area (TPSA) is 46.6 Å². The number of ketones is 2. The van der Waals surface area contributed by atoms with Gasteiger partial charge in [-0.25, -0.2) is 0 Å². The Kier molecular flexibility index (Phi) is 3.77. The molecular weight excluding hydrogens is 370 g/mol. The second kappa shape index (κ2) is 5.83. The van der Waals surface area contributed by atoms with Gasteiger partial charge in [0.2, 0.25) is 0 Å². The van der Waals surface area contributed by atoms with Crippen molar-refractivity contribution in [3.8, 4) is 0 Å². The van der Waals surface area contributed by atoms with Gasteiger partial charge in [-0.2, -0.15) is 0 Å². The molecule has 1 saturated heterocycles. The highest BCUT2D eigenvalue weighted by Gasteiger charge is 2.52. The molecule has 0 radical (unpaired) electrons. The molecule has 5 heteroatoms. The number of carbonyl (C=O) groups is 2. The van der Waals surface area contributed by atoms with E-state index < -0.39 is 4.32 Å². The Morgan fingerprint density at radius 2 is 1.54 bits per heavy atom. The summed E-state index contributed by atoms with van der Waals surface area (Å²) in [6.07, 6.45) is 0. The van der Waals surface area contributed by atoms with Crippen molar-refractivity contribution >= 4 is 33.2 Å². The van der Waals surface area contributed by atoms with Crippen molar-refractivity contribution < 1.29 is 14.3 Å². The second-order valence-electron chi connectivity index (χ2n) is 6.01. The van der Waals surface area contributed by atoms with Crippen molar-refractivity contribution in [2.24, 2.45) is 0 Å². The van der Waals surface area contributed by atoms with Gasteiger partial charge in [0.25, 0.3) is 0 Å². The molecule has 0 aromatic heterocycles. The molecule has 1 fully saturated rings. The number of nitrogens with zero attached hydrogens (tertiary/aromatic N) is 1. The summed E-state index contributed by atoms with van der Waals surface area (Å²) in [5, 5.41) is 0. The Labute approximate surface area is 148 Å². The Balaban J connectivity index is 1.76. The smallest absolute Gasteiger partial charge is 0.192 e. The van der Waals surface area contributed by atoms with Gasteiger partial charge in [-0.15, -0.1) is 0 Å². The summed E-state index contributed by atoms with van der Waals surface area (Å²) < 4.78 is 4.07. The van der Waals surface area contributed by atoms with Crippen LogP contribution < -0.4 is 4.90 Å². The van der Waals surface area contributed by atoms with Crippen molar-refractivity contribution in [1.82, 2.24) is 0 Å². The van der Waals surface area contributed by atoms with Crippen LogP contribution in [0.15, 0.2) is 48.5 Å². The molecule has 24 heavy (non-hydrogen) atoms. The maximum absolute atomic E-state index is 12.9. The van der Waals surface area contributed by atoms with Crippen molar-refractivity contribution in [2.45, 2.75) is 4.32 Å². The first-order valence-electron chi connectivity index (χ1n) is 7.93. The molecule has 0 amide bonds. The van der Waals surface area contributed by atoms with Crippen LogP contribution in [0.4, 0.5) is 5.69 Å². The number of hydrogen-bond acceptors (Lipinski definition) is 4. The lowest BCUT2D eigenvalue weighted by Crippen LogP contribution is -2.37. The normalized spacial score (nSPS) is 19.5. The fraction of sp³-hybridized carbons (Fsp3) is 0.263. The third kappa shape index (κ3) is 2.23. The van der Waals surface area contributed by atoms with Gasteiger partial charge < -0.3 is 9.64 Å². The van der Waals surface area contributed by atoms with E-state index in [-0.39, 0.29) is 11.6 Å². The Morgan fingerprint density at radius 1 is 0.917 bits per heavy atom. The minimum atomic E-state index is -1.32. The zero-order valence-corrected chi connectivity index (χ0v) is 14.6. The largest absolute Gasteiger partial charge is 0.378 e. The summed E-state index contributed by atoms with van der Waals surface area (Å²) in [5.41, 5.74) is 2.65. The van der Waals surface area contributed by atoms with E-state index in [1.807, 2.05) is 24.3 Å². The molecule has 0 spiro atoms. The number of alkyl halides is 1. The lowest BCUT2D eigenvalue weighted by molar-refractivity contribution is 0.0871. The predicted molar refractivity (Wildman–Crippen MR) is 95.2 cm³/mol. The summed E-state index contributed by atoms with van der Waals surface area (Å²) in [7, 11) is 0. The monoisotopic (exact) mass is 385 g/mol. The molecule has 0 bridgehead atoms. The summed E-state index contributed by atoms with van der Waals surface area (Å²) >= 11 is 3.48. The van der Waals surface area contributed by atoms with Gasteiger partial charge in [-0.05, 0) is 17.7 Å². The molecule has 0 saturated carbocycles. The molecule has 4 nitrogen and oxygen atoms in total. The number of rotatable bonds is 2. The van der Waals surface area contributed by atoms with E-state index in [4.69, 9.17) is 4.74 Å². The van der Waals surface area contributed by atoms with Crippen LogP contribution in [0.1, 0.15) is 26.3 Å². The molecule has 1 heterocycles. The van der Waals surface area contributed by atoms with Gasteiger partial charge in [0.05, 0.1) is 13.2 Å². The Bertz CT molecular complexity index is 792. The summed E-state index contributed by atoms with van der Waals surface area (Å²) in [4.78, 5) is 28.0. The van der Waals surface area contributed by atoms with Gasteiger partial charge in [0, 0.05) is 29.9 Å². The molecular formula is C19H16BrNO3. The van der Waals surface area contributed by atoms with Crippen LogP contribution >= 0.6 is 15.9 Å². The Morgan fingerprint density at radius 3 is 2.17 bits per heavy atom. The van der Waals surface area contributed by atoms with E-state index >= 15 is 0 Å². The third-order valence-electron chi connectivity index (χ3n) is 4.66. The van der Waals surface area contributed by atoms with Crippen molar-refractivity contribution in [1.29, 1.82) is 0 Å². The average Bonchev–Trinajstić information content (AvgIpc) is 2.85. The van der Waals surface area contributed by atoms with Crippen molar-refractivity contribution in [3.63, 3.8) is 0 Å². The van der Waals surface area contributed by atoms with Crippen molar-refractivity contribution in [2.75, 3.05) is 31.2 Å². The summed E-state index contributed by atoms with van der Waals surface area (Å²) in [6.45, 7) is 2.99. The van der Waals surface area contributed by atoms with Crippen molar-refractivity contribution in [3.05, 3.63) is 65.2 Å². The van der Waals surface area contributed by atoms with E-state index in [1.165, 1.54) is 0 Å². The van der Waals surface area contributed by atoms with E-state index in [0.717, 1.165) is 18.8 Å². The molecule has 0 atom stereocenters. The van der Waals surface area contributed by atoms with Gasteiger partial charge in [0.15, 0.2) is 15.9 Å². The average molecular weight is 386 g/mol. The highest BCUT2D eigenvalue weighted by atomic mass is 79.9. The molecule has 1 aliphatic carbocycles. The van der Waals surface area contributed by atoms with E-state index in [9.17, 15) is 9.59 Å². The van der Waals surface area contributed by atoms with Crippen LogP contribution in [0.3, 0.4) is 0 Å². The molecule has 1 aliphatic heterocycles. The fourth-order valence-electron chi connectivity index (χ4n) is 3.35. The van der Waals surface area contributed by atoms with E-state index in [2.05, 4.69) is 20.8 Å². The van der Waals surface area contributed by atoms with Crippen LogP contribution in [0.2, 0.25) is 0 Å². The zero-order valence-electron chi connectivity index (χ0n) is 13.0. The molecule has 2 aromatic carbocycles. The number of benzene rings is 2. The fourth-order valence-corrected chi connectivity index (χ4v) is 4.03. The number of Topliss-reactive ketones (excluding diaryl/α,β-unsaturated/α-hetero) is 2. The van der Waals surface area contributed by atoms with Crippen LogP contribution in [0.25, 0.3) is 0 Å². The van der Waals surface area contributed by atoms with Gasteiger partial charge in [-0.1, -0.05) is 52.3 Å². The van der Waals surface area contributed by atoms with Gasteiger partial charge in [0.1, 0.15) is 0 Å². The summed E-state index contributed by atoms with van der Waals surface area (Å²) in [5.74, 6) is -0.385. The molecule has 0 unspecified atom stereocenters. The van der Waals surface area contributed by atoms with Crippen LogP contribution in [-0.4, -0.2) is 37.9 Å². The van der Waals surface area contributed by atoms with Crippen LogP contribution in [-0.2, 0) is 9.06 Å². The first-order valence-corrected chi connectivity index (χ1v) is 8.72. The quantitative estimate of drug-likeness (QED) is 0.588. The lowest BCUT2D eigenvalue weighted by atomic mass is 9.93. The third-order valence-corrected chi connectivity index (χ3v) is 5.84. The number of fused-ring (bicyclic) bond motifs is 1. The molecule has 4 rings (SSSR count). The summed E-state index contributed by atoms with van der Waals surface area (Å²) in [6, 6.07) is 14.7. The maximum atomic E-state index is 12.9. The van der Waals surface area contributed by atoms with Gasteiger partial charge in [-0.3, -0.25) is 9.59 Å². The number of hydrogen-bond donors (Lipinski definition) is 0. The lowest BCUT2D eigenvalue weighted by Gasteiger charge is -2.30. The minimum absolute atomic E-state index is 0.192. The predicted octanol–water partition coefficient (Wildman–Crippen LogP) is 3.19. The number of anilines is 1. The molecule has 0 N–H and O–H groups in total. The highest BCUT2D eigenvalue weighted by molar-refractivity contribution is 9.10. The number of ether oxygens (including phenoxy) is 1. The number of morpholine rings is 1. The number of halogens is 1. The first kappa shape index (κ1) is 15.5. The van der Waals surface area contributed by atoms with Gasteiger partial charge >= 0.3 is 0 Å². The Hall–Kier alpha value is -1.98. The zero-order chi connectivity index (χ0) is 16.7. The van der Waals surface area contributed by atoms with E-state index in [1.54, 1.807) is 24.3 Å². The second-order valence-corrected chi connectivity index (χ2v) is 7.20. The highest BCUT2D eigenvalue weighted by Crippen LogP contribution is 2.45. The SMILES string of the molecule is O=C1c2ccccc2C(=O)C1(Br)c1cccc(N2CCOCC2)c1. The van der Waals surface area contributed by atoms with E-state index in [0.29, 0.717) is 29.9 Å². The maximum Gasteiger partial charge on any atom is 0.192 e. The minimum Gasteiger partial charge on any atom is -0.378 e. The standard InChI is InChI=1S/C19H16BrNO3/c20-19(17(22)15-6-1-2-7-16(15)18(19)23)13-4-3-5-14(12-13)21-8-10-24-11-9-21/h1-7,12H,8-11H2.